The first-order valence-electron chi connectivity index (χ1n) is 7.95. The van der Waals surface area contributed by atoms with Crippen molar-refractivity contribution in [3.8, 4) is 0 Å². The minimum atomic E-state index is -1.06. The number of nitrogens with zero attached hydrogens (tertiary/aromatic N) is 1. The van der Waals surface area contributed by atoms with Gasteiger partial charge in [0.1, 0.15) is 0 Å². The first kappa shape index (κ1) is 18.7. The van der Waals surface area contributed by atoms with E-state index in [0.29, 0.717) is 0 Å². The molecule has 3 rings (SSSR count). The molecule has 1 N–H and O–H groups in total. The Kier molecular flexibility index (Phi) is 7.73. The average Bonchev–Trinajstić information content (AvgIpc) is 2.70. The van der Waals surface area contributed by atoms with E-state index in [1.807, 2.05) is 18.2 Å². The number of para-hydroxylation sites is 3. The summed E-state index contributed by atoms with van der Waals surface area (Å²) in [6.07, 6.45) is 0. The van der Waals surface area contributed by atoms with E-state index in [4.69, 9.17) is 5.02 Å². The fourth-order valence-corrected chi connectivity index (χ4v) is 2.27. The predicted octanol–water partition coefficient (Wildman–Crippen LogP) is 4.41. The number of anilines is 3. The summed E-state index contributed by atoms with van der Waals surface area (Å²) in [5, 5.41) is 8.22. The van der Waals surface area contributed by atoms with Crippen molar-refractivity contribution in [2.75, 3.05) is 19.1 Å². The van der Waals surface area contributed by atoms with E-state index in [1.54, 1.807) is 0 Å². The molecule has 0 bridgehead atoms. The normalized spacial score (nSPS) is 9.72. The van der Waals surface area contributed by atoms with Gasteiger partial charge in [0, 0.05) is 31.3 Å². The molecule has 0 aliphatic heterocycles. The molecule has 0 spiro atoms. The highest BCUT2D eigenvalue weighted by Crippen LogP contribution is 2.33. The van der Waals surface area contributed by atoms with Gasteiger partial charge < -0.3 is 19.2 Å². The zero-order valence-corrected chi connectivity index (χ0v) is 14.4. The van der Waals surface area contributed by atoms with Gasteiger partial charge in [-0.15, -0.1) is 0 Å². The van der Waals surface area contributed by atoms with E-state index in [2.05, 4.69) is 87.0 Å². The molecule has 0 amide bonds. The third kappa shape index (κ3) is 5.76. The fraction of sp³-hybridized carbons (Fsp3) is 0.100. The molecule has 5 heteroatoms. The van der Waals surface area contributed by atoms with Crippen molar-refractivity contribution in [2.24, 2.45) is 0 Å². The Labute approximate surface area is 149 Å². The van der Waals surface area contributed by atoms with Crippen molar-refractivity contribution in [2.45, 2.75) is 0 Å². The van der Waals surface area contributed by atoms with Crippen molar-refractivity contribution >= 4 is 24.4 Å². The van der Waals surface area contributed by atoms with E-state index in [-0.39, 0.29) is 0 Å². The largest absolute Gasteiger partial charge is 0.636 e. The lowest BCUT2D eigenvalue weighted by Gasteiger charge is -2.25. The zero-order valence-electron chi connectivity index (χ0n) is 14.4. The third-order valence-electron chi connectivity index (χ3n) is 3.45. The van der Waals surface area contributed by atoms with Crippen LogP contribution in [0.1, 0.15) is 0 Å². The van der Waals surface area contributed by atoms with Crippen LogP contribution in [-0.4, -0.2) is 26.6 Å². The van der Waals surface area contributed by atoms with Gasteiger partial charge in [-0.1, -0.05) is 54.6 Å². The summed E-state index contributed by atoms with van der Waals surface area (Å²) < 4.78 is 8.47. The Bertz CT molecular complexity index is 613. The number of rotatable bonds is 5. The second kappa shape index (κ2) is 10.3. The molecular weight excluding hydrogens is 313 g/mol. The van der Waals surface area contributed by atoms with Crippen molar-refractivity contribution < 1.29 is 14.3 Å². The Morgan fingerprint density at radius 1 is 0.600 bits per heavy atom. The summed E-state index contributed by atoms with van der Waals surface area (Å²) in [5.41, 5.74) is 3.50. The Hall–Kier alpha value is -2.60. The molecule has 0 saturated heterocycles. The van der Waals surface area contributed by atoms with Crippen LogP contribution in [0, 0.1) is 0 Å². The summed E-state index contributed by atoms with van der Waals surface area (Å²) in [6.45, 7) is 0. The zero-order chi connectivity index (χ0) is 17.9. The van der Waals surface area contributed by atoms with Crippen LogP contribution in [0.5, 0.6) is 0 Å². The molecular formula is C20H22BNO3. The highest BCUT2D eigenvalue weighted by Gasteiger charge is 2.10. The topological polar surface area (TPSA) is 41.9 Å². The Balaban J connectivity index is 0.000000326. The highest BCUT2D eigenvalue weighted by molar-refractivity contribution is 6.34. The minimum absolute atomic E-state index is 1.06. The van der Waals surface area contributed by atoms with Gasteiger partial charge in [0.15, 0.2) is 0 Å². The lowest BCUT2D eigenvalue weighted by Crippen LogP contribution is -2.17. The third-order valence-corrected chi connectivity index (χ3v) is 3.45. The molecule has 0 aromatic heterocycles. The van der Waals surface area contributed by atoms with E-state index in [9.17, 15) is 0 Å². The number of hydrogen-bond donors (Lipinski definition) is 1. The van der Waals surface area contributed by atoms with Crippen molar-refractivity contribution in [1.29, 1.82) is 0 Å². The summed E-state index contributed by atoms with van der Waals surface area (Å²) in [4.78, 5) is 2.25. The lowest BCUT2D eigenvalue weighted by atomic mass is 10.2. The van der Waals surface area contributed by atoms with Gasteiger partial charge in [-0.2, -0.15) is 0 Å². The van der Waals surface area contributed by atoms with Crippen molar-refractivity contribution in [3.05, 3.63) is 91.0 Å². The standard InChI is InChI=1S/C18H15N.C2H7BO3/c1-4-10-16(11-5-1)19(17-12-6-2-7-13-17)18-14-8-3-9-15-18;1-5-3(4)6-2/h1-15H;4H,1-2H3. The van der Waals surface area contributed by atoms with Crippen LogP contribution < -0.4 is 4.90 Å². The van der Waals surface area contributed by atoms with Crippen LogP contribution >= 0.6 is 0 Å². The SMILES string of the molecule is COB(O)OC.c1ccc(N(c2ccccc2)c2ccccc2)cc1. The minimum Gasteiger partial charge on any atom is -0.402 e. The van der Waals surface area contributed by atoms with Gasteiger partial charge in [-0.25, -0.2) is 0 Å². The Morgan fingerprint density at radius 2 is 0.880 bits per heavy atom. The van der Waals surface area contributed by atoms with Gasteiger partial charge in [-0.3, -0.25) is 0 Å². The summed E-state index contributed by atoms with van der Waals surface area (Å²) in [7, 11) is 1.65. The van der Waals surface area contributed by atoms with Crippen LogP contribution in [0.3, 0.4) is 0 Å². The van der Waals surface area contributed by atoms with Gasteiger partial charge in [0.05, 0.1) is 0 Å². The molecule has 0 saturated carbocycles. The van der Waals surface area contributed by atoms with Gasteiger partial charge >= 0.3 is 7.32 Å². The summed E-state index contributed by atoms with van der Waals surface area (Å²) in [6, 6.07) is 31.3. The smallest absolute Gasteiger partial charge is 0.402 e. The Morgan fingerprint density at radius 3 is 1.08 bits per heavy atom. The number of benzene rings is 3. The highest BCUT2D eigenvalue weighted by atomic mass is 16.7. The average molecular weight is 335 g/mol. The van der Waals surface area contributed by atoms with Gasteiger partial charge in [0.25, 0.3) is 0 Å². The summed E-state index contributed by atoms with van der Waals surface area (Å²) >= 11 is 0. The maximum Gasteiger partial charge on any atom is 0.636 e. The van der Waals surface area contributed by atoms with Crippen LogP contribution in [0.2, 0.25) is 0 Å². The van der Waals surface area contributed by atoms with E-state index in [0.717, 1.165) is 0 Å². The second-order valence-corrected chi connectivity index (χ2v) is 5.12. The van der Waals surface area contributed by atoms with Crippen LogP contribution in [0.25, 0.3) is 0 Å². The molecule has 4 nitrogen and oxygen atoms in total. The molecule has 128 valence electrons. The quantitative estimate of drug-likeness (QED) is 0.701. The first-order chi connectivity index (χ1) is 12.3. The molecule has 0 aliphatic rings. The molecule has 0 aliphatic carbocycles. The molecule has 0 atom stereocenters. The van der Waals surface area contributed by atoms with E-state index in [1.165, 1.54) is 31.3 Å². The molecule has 0 unspecified atom stereocenters. The first-order valence-corrected chi connectivity index (χ1v) is 7.95. The van der Waals surface area contributed by atoms with E-state index < -0.39 is 7.32 Å². The monoisotopic (exact) mass is 335 g/mol. The maximum atomic E-state index is 8.22. The predicted molar refractivity (Wildman–Crippen MR) is 103 cm³/mol. The second-order valence-electron chi connectivity index (χ2n) is 5.12. The summed E-state index contributed by atoms with van der Waals surface area (Å²) in [5.74, 6) is 0. The maximum absolute atomic E-state index is 8.22. The van der Waals surface area contributed by atoms with Gasteiger partial charge in [-0.05, 0) is 36.4 Å². The molecule has 3 aromatic carbocycles. The molecule has 0 fully saturated rings. The van der Waals surface area contributed by atoms with Crippen molar-refractivity contribution in [3.63, 3.8) is 0 Å². The van der Waals surface area contributed by atoms with Crippen LogP contribution in [-0.2, 0) is 9.31 Å². The number of hydrogen-bond acceptors (Lipinski definition) is 4. The van der Waals surface area contributed by atoms with Crippen LogP contribution in [0.4, 0.5) is 17.1 Å². The molecule has 0 radical (unpaired) electrons. The van der Waals surface area contributed by atoms with Crippen LogP contribution in [0.15, 0.2) is 91.0 Å². The van der Waals surface area contributed by atoms with Gasteiger partial charge in [0.2, 0.25) is 0 Å². The molecule has 3 aromatic rings. The molecule has 0 heterocycles. The van der Waals surface area contributed by atoms with Crippen molar-refractivity contribution in [1.82, 2.24) is 0 Å². The lowest BCUT2D eigenvalue weighted by molar-refractivity contribution is 0.193. The van der Waals surface area contributed by atoms with E-state index >= 15 is 0 Å². The fourth-order valence-electron chi connectivity index (χ4n) is 2.27. The molecule has 25 heavy (non-hydrogen) atoms.